The van der Waals surface area contributed by atoms with Gasteiger partial charge in [0.15, 0.2) is 0 Å². The van der Waals surface area contributed by atoms with Gasteiger partial charge in [0.1, 0.15) is 11.3 Å². The van der Waals surface area contributed by atoms with Crippen LogP contribution in [0.25, 0.3) is 0 Å². The van der Waals surface area contributed by atoms with E-state index in [1.54, 1.807) is 34.3 Å². The first-order valence-corrected chi connectivity index (χ1v) is 9.85. The number of hydrogen-bond acceptors (Lipinski definition) is 7. The minimum Gasteiger partial charge on any atom is -0.378 e. The molecule has 1 atom stereocenters. The Morgan fingerprint density at radius 2 is 1.89 bits per heavy atom. The van der Waals surface area contributed by atoms with Gasteiger partial charge in [-0.05, 0) is 34.3 Å². The van der Waals surface area contributed by atoms with Gasteiger partial charge < -0.3 is 15.7 Å². The fraction of sp³-hybridized carbons (Fsp3) is 0.111. The van der Waals surface area contributed by atoms with Gasteiger partial charge in [-0.15, -0.1) is 11.3 Å². The second-order valence-electron chi connectivity index (χ2n) is 5.76. The van der Waals surface area contributed by atoms with Crippen LogP contribution in [-0.2, 0) is 15.2 Å². The largest absolute Gasteiger partial charge is 0.378 e. The van der Waals surface area contributed by atoms with Gasteiger partial charge in [0.2, 0.25) is 0 Å². The maximum absolute atomic E-state index is 12.2. The zero-order valence-corrected chi connectivity index (χ0v) is 16.0. The van der Waals surface area contributed by atoms with Crippen LogP contribution < -0.4 is 10.6 Å². The first kappa shape index (κ1) is 19.7. The Morgan fingerprint density at radius 3 is 2.54 bits per heavy atom. The summed E-state index contributed by atoms with van der Waals surface area (Å²) in [7, 11) is 0. The second kappa shape index (κ2) is 8.30. The van der Waals surface area contributed by atoms with Crippen molar-refractivity contribution in [2.75, 3.05) is 11.9 Å². The summed E-state index contributed by atoms with van der Waals surface area (Å²) in [5, 5.41) is 32.2. The molecule has 2 heterocycles. The molecule has 0 saturated carbocycles. The monoisotopic (exact) mass is 417 g/mol. The van der Waals surface area contributed by atoms with Crippen LogP contribution in [0.15, 0.2) is 58.6 Å². The highest BCUT2D eigenvalue weighted by Gasteiger charge is 2.34. The average Bonchev–Trinajstić information content (AvgIpc) is 3.40. The second-order valence-corrected chi connectivity index (χ2v) is 7.49. The summed E-state index contributed by atoms with van der Waals surface area (Å²) in [6.45, 7) is -0.229. The van der Waals surface area contributed by atoms with Crippen molar-refractivity contribution in [2.24, 2.45) is 0 Å². The molecule has 0 radical (unpaired) electrons. The molecule has 2 amide bonds. The van der Waals surface area contributed by atoms with Crippen molar-refractivity contribution in [1.29, 1.82) is 0 Å². The predicted octanol–water partition coefficient (Wildman–Crippen LogP) is 2.71. The van der Waals surface area contributed by atoms with E-state index < -0.39 is 22.3 Å². The first-order valence-electron chi connectivity index (χ1n) is 8.03. The average molecular weight is 417 g/mol. The Bertz CT molecular complexity index is 952. The number of benzene rings is 1. The van der Waals surface area contributed by atoms with Gasteiger partial charge in [0, 0.05) is 16.5 Å². The van der Waals surface area contributed by atoms with Gasteiger partial charge in [0.05, 0.1) is 11.5 Å². The summed E-state index contributed by atoms with van der Waals surface area (Å²) >= 11 is 2.72. The van der Waals surface area contributed by atoms with Crippen molar-refractivity contribution in [3.05, 3.63) is 79.2 Å². The van der Waals surface area contributed by atoms with Gasteiger partial charge in [-0.3, -0.25) is 19.7 Å². The van der Waals surface area contributed by atoms with Crippen LogP contribution in [0.1, 0.15) is 10.4 Å². The first-order chi connectivity index (χ1) is 13.4. The van der Waals surface area contributed by atoms with Crippen LogP contribution >= 0.6 is 22.7 Å². The molecule has 3 rings (SSSR count). The number of carbonyl (C=O) groups is 2. The van der Waals surface area contributed by atoms with Crippen LogP contribution in [0.4, 0.5) is 11.4 Å². The molecule has 10 heteroatoms. The van der Waals surface area contributed by atoms with Crippen LogP contribution in [0.5, 0.6) is 0 Å². The number of nitro benzene ring substituents is 1. The lowest BCUT2D eigenvalue weighted by molar-refractivity contribution is -0.383. The normalized spacial score (nSPS) is 12.8. The van der Waals surface area contributed by atoms with Crippen LogP contribution in [-0.4, -0.2) is 28.4 Å². The maximum atomic E-state index is 12.2. The van der Waals surface area contributed by atoms with Crippen LogP contribution in [0.3, 0.4) is 0 Å². The number of rotatable bonds is 6. The molecule has 1 unspecified atom stereocenters. The molecule has 144 valence electrons. The standard InChI is InChI=1S/C18H15N3O5S2/c22-16(17(23)20-13-4-1-2-5-14(13)21(25)26)19-11-18(24,12-7-9-27-10-12)15-6-3-8-28-15/h1-10,24H,11H2,(H,19,22)(H,20,23). The van der Waals surface area contributed by atoms with Crippen molar-refractivity contribution in [1.82, 2.24) is 5.32 Å². The molecule has 0 aliphatic carbocycles. The predicted molar refractivity (Wildman–Crippen MR) is 106 cm³/mol. The van der Waals surface area contributed by atoms with E-state index in [0.717, 1.165) is 0 Å². The lowest BCUT2D eigenvalue weighted by Gasteiger charge is -2.26. The minimum atomic E-state index is -1.48. The third-order valence-electron chi connectivity index (χ3n) is 3.99. The van der Waals surface area contributed by atoms with E-state index in [2.05, 4.69) is 10.6 Å². The van der Waals surface area contributed by atoms with E-state index in [0.29, 0.717) is 10.4 Å². The summed E-state index contributed by atoms with van der Waals surface area (Å²) in [5.41, 5.74) is -1.29. The number of amides is 2. The molecular weight excluding hydrogens is 402 g/mol. The molecule has 0 bridgehead atoms. The zero-order valence-electron chi connectivity index (χ0n) is 14.3. The summed E-state index contributed by atoms with van der Waals surface area (Å²) < 4.78 is 0. The molecule has 0 aliphatic heterocycles. The third kappa shape index (κ3) is 4.09. The smallest absolute Gasteiger partial charge is 0.313 e. The van der Waals surface area contributed by atoms with Crippen molar-refractivity contribution in [3.8, 4) is 0 Å². The molecule has 0 saturated heterocycles. The van der Waals surface area contributed by atoms with Gasteiger partial charge in [-0.25, -0.2) is 0 Å². The summed E-state index contributed by atoms with van der Waals surface area (Å²) in [6.07, 6.45) is 0. The number of carbonyl (C=O) groups excluding carboxylic acids is 2. The number of nitrogens with one attached hydrogen (secondary N) is 2. The Morgan fingerprint density at radius 1 is 1.11 bits per heavy atom. The Labute approximate surface area is 167 Å². The zero-order chi connectivity index (χ0) is 20.1. The molecule has 28 heavy (non-hydrogen) atoms. The highest BCUT2D eigenvalue weighted by Crippen LogP contribution is 2.33. The summed E-state index contributed by atoms with van der Waals surface area (Å²) in [5.74, 6) is -2.07. The van der Waals surface area contributed by atoms with Crippen LogP contribution in [0.2, 0.25) is 0 Å². The van der Waals surface area contributed by atoms with Gasteiger partial charge >= 0.3 is 11.8 Å². The van der Waals surface area contributed by atoms with Crippen molar-refractivity contribution < 1.29 is 19.6 Å². The molecular formula is C18H15N3O5S2. The molecule has 0 spiro atoms. The van der Waals surface area contributed by atoms with E-state index in [1.165, 1.54) is 46.9 Å². The van der Waals surface area contributed by atoms with E-state index in [1.807, 2.05) is 0 Å². The quantitative estimate of drug-likeness (QED) is 0.323. The SMILES string of the molecule is O=C(NCC(O)(c1ccsc1)c1cccs1)C(=O)Nc1ccccc1[N+](=O)[O-]. The number of hydrogen-bond donors (Lipinski definition) is 3. The van der Waals surface area contributed by atoms with Gasteiger partial charge in [-0.1, -0.05) is 18.2 Å². The molecule has 0 aliphatic rings. The number of nitro groups is 1. The number of aliphatic hydroxyl groups is 1. The van der Waals surface area contributed by atoms with Gasteiger partial charge in [0.25, 0.3) is 5.69 Å². The Balaban J connectivity index is 1.72. The fourth-order valence-electron chi connectivity index (χ4n) is 2.55. The lowest BCUT2D eigenvalue weighted by atomic mass is 9.94. The fourth-order valence-corrected chi connectivity index (χ4v) is 4.12. The number of thiophene rings is 2. The summed E-state index contributed by atoms with van der Waals surface area (Å²) in [6, 6.07) is 10.8. The summed E-state index contributed by atoms with van der Waals surface area (Å²) in [4.78, 5) is 35.3. The van der Waals surface area contributed by atoms with Crippen LogP contribution in [0, 0.1) is 10.1 Å². The third-order valence-corrected chi connectivity index (χ3v) is 5.69. The van der Waals surface area contributed by atoms with Crippen molar-refractivity contribution in [2.45, 2.75) is 5.60 Å². The van der Waals surface area contributed by atoms with E-state index in [-0.39, 0.29) is 17.9 Å². The van der Waals surface area contributed by atoms with Crippen molar-refractivity contribution >= 4 is 45.9 Å². The maximum Gasteiger partial charge on any atom is 0.313 e. The lowest BCUT2D eigenvalue weighted by Crippen LogP contribution is -2.44. The number of nitrogens with zero attached hydrogens (tertiary/aromatic N) is 1. The van der Waals surface area contributed by atoms with E-state index in [9.17, 15) is 24.8 Å². The number of para-hydroxylation sites is 2. The minimum absolute atomic E-state index is 0.0843. The highest BCUT2D eigenvalue weighted by atomic mass is 32.1. The molecule has 8 nitrogen and oxygen atoms in total. The Hall–Kier alpha value is -3.08. The molecule has 1 aromatic carbocycles. The van der Waals surface area contributed by atoms with E-state index in [4.69, 9.17) is 0 Å². The number of anilines is 1. The molecule has 2 aromatic heterocycles. The molecule has 0 fully saturated rings. The van der Waals surface area contributed by atoms with Gasteiger partial charge in [-0.2, -0.15) is 11.3 Å². The Kier molecular flexibility index (Phi) is 5.83. The van der Waals surface area contributed by atoms with Crippen molar-refractivity contribution in [3.63, 3.8) is 0 Å². The molecule has 3 aromatic rings. The highest BCUT2D eigenvalue weighted by molar-refractivity contribution is 7.10. The molecule has 3 N–H and O–H groups in total. The topological polar surface area (TPSA) is 122 Å². The van der Waals surface area contributed by atoms with E-state index >= 15 is 0 Å².